The molecule has 1 saturated heterocycles. The number of carbonyl (C=O) groups excluding carboxylic acids is 1. The number of hydrogen-bond acceptors (Lipinski definition) is 5. The van der Waals surface area contributed by atoms with Gasteiger partial charge in [-0.25, -0.2) is 23.8 Å². The smallest absolute Gasteiger partial charge is 0.406 e. The van der Waals surface area contributed by atoms with E-state index < -0.39 is 18.6 Å². The molecule has 2 atom stereocenters. The number of aryl methyl sites for hydroxylation is 1. The molecule has 8 nitrogen and oxygen atoms in total. The molecular formula is C31H28F4N6O2S. The molecule has 1 fully saturated rings. The van der Waals surface area contributed by atoms with E-state index in [0.717, 1.165) is 36.1 Å². The Balaban J connectivity index is 1.24. The van der Waals surface area contributed by atoms with Gasteiger partial charge in [-0.05, 0) is 61.2 Å². The molecule has 2 unspecified atom stereocenters. The Bertz CT molecular complexity index is 1650. The minimum absolute atomic E-state index is 0.145. The SMILES string of the molecule is CCc1ccccc1N1C(=NC(=O)N=CC(F)c2ccc(-c3ncn(-c4ccc(OC(F)(F)F)cc4)n3)cc2)SCCC1C. The molecule has 0 spiro atoms. The maximum atomic E-state index is 15.0. The van der Waals surface area contributed by atoms with Gasteiger partial charge in [-0.2, -0.15) is 4.99 Å². The molecule has 0 bridgehead atoms. The third-order valence-electron chi connectivity index (χ3n) is 6.87. The maximum absolute atomic E-state index is 15.0. The van der Waals surface area contributed by atoms with Crippen LogP contribution in [-0.2, 0) is 6.42 Å². The van der Waals surface area contributed by atoms with Crippen molar-refractivity contribution in [2.75, 3.05) is 10.7 Å². The number of rotatable bonds is 7. The summed E-state index contributed by atoms with van der Waals surface area (Å²) in [5.41, 5.74) is 3.49. The number of urea groups is 1. The van der Waals surface area contributed by atoms with E-state index in [9.17, 15) is 22.4 Å². The van der Waals surface area contributed by atoms with Gasteiger partial charge in [0.1, 0.15) is 12.1 Å². The van der Waals surface area contributed by atoms with E-state index in [0.29, 0.717) is 22.2 Å². The lowest BCUT2D eigenvalue weighted by molar-refractivity contribution is -0.274. The summed E-state index contributed by atoms with van der Waals surface area (Å²) in [6.45, 7) is 4.16. The molecule has 4 aromatic rings. The summed E-state index contributed by atoms with van der Waals surface area (Å²) in [6.07, 6.45) is -2.31. The molecule has 1 aliphatic rings. The van der Waals surface area contributed by atoms with Gasteiger partial charge in [-0.15, -0.1) is 18.3 Å². The van der Waals surface area contributed by atoms with Gasteiger partial charge in [0.05, 0.1) is 5.69 Å². The van der Waals surface area contributed by atoms with Crippen molar-refractivity contribution in [1.29, 1.82) is 0 Å². The molecule has 0 saturated carbocycles. The maximum Gasteiger partial charge on any atom is 0.573 e. The van der Waals surface area contributed by atoms with E-state index in [2.05, 4.69) is 49.6 Å². The van der Waals surface area contributed by atoms with Crippen LogP contribution < -0.4 is 9.64 Å². The fourth-order valence-electron chi connectivity index (χ4n) is 4.64. The van der Waals surface area contributed by atoms with Gasteiger partial charge in [-0.1, -0.05) is 61.2 Å². The predicted molar refractivity (Wildman–Crippen MR) is 163 cm³/mol. The second-order valence-corrected chi connectivity index (χ2v) is 10.9. The molecule has 2 heterocycles. The summed E-state index contributed by atoms with van der Waals surface area (Å²) in [4.78, 5) is 26.9. The van der Waals surface area contributed by atoms with E-state index in [-0.39, 0.29) is 17.4 Å². The number of aromatic nitrogens is 3. The normalized spacial score (nSPS) is 17.3. The summed E-state index contributed by atoms with van der Waals surface area (Å²) in [5.74, 6) is 0.796. The predicted octanol–water partition coefficient (Wildman–Crippen LogP) is 7.98. The quantitative estimate of drug-likeness (QED) is 0.153. The number of thioether (sulfide) groups is 1. The summed E-state index contributed by atoms with van der Waals surface area (Å²) in [6, 6.07) is 18.9. The van der Waals surface area contributed by atoms with E-state index >= 15 is 0 Å². The number of benzene rings is 3. The Morgan fingerprint density at radius 2 is 1.84 bits per heavy atom. The molecule has 228 valence electrons. The first-order chi connectivity index (χ1) is 21.1. The van der Waals surface area contributed by atoms with E-state index in [1.54, 1.807) is 12.1 Å². The van der Waals surface area contributed by atoms with Crippen LogP contribution in [0.25, 0.3) is 17.1 Å². The van der Waals surface area contributed by atoms with Crippen molar-refractivity contribution in [3.63, 3.8) is 0 Å². The Morgan fingerprint density at radius 1 is 1.11 bits per heavy atom. The molecule has 5 rings (SSSR count). The monoisotopic (exact) mass is 624 g/mol. The molecular weight excluding hydrogens is 596 g/mol. The zero-order valence-corrected chi connectivity index (χ0v) is 24.6. The van der Waals surface area contributed by atoms with Crippen molar-refractivity contribution in [2.45, 2.75) is 45.3 Å². The molecule has 3 aromatic carbocycles. The molecule has 0 aliphatic carbocycles. The van der Waals surface area contributed by atoms with Crippen LogP contribution in [0.4, 0.5) is 28.0 Å². The van der Waals surface area contributed by atoms with Crippen LogP contribution >= 0.6 is 11.8 Å². The van der Waals surface area contributed by atoms with E-state index in [1.165, 1.54) is 59.2 Å². The summed E-state index contributed by atoms with van der Waals surface area (Å²) in [7, 11) is 0. The van der Waals surface area contributed by atoms with Crippen molar-refractivity contribution >= 4 is 34.9 Å². The first-order valence-electron chi connectivity index (χ1n) is 13.8. The number of alkyl halides is 4. The fraction of sp³-hybridized carbons (Fsp3) is 0.258. The summed E-state index contributed by atoms with van der Waals surface area (Å²) >= 11 is 1.48. The highest BCUT2D eigenvalue weighted by Gasteiger charge is 2.31. The standard InChI is InChI=1S/C31H28F4N6O2S/c1-3-21-6-4-5-7-27(21)41-20(2)16-17-44-30(41)38-29(42)36-18-26(32)22-8-10-23(11-9-22)28-37-19-40(39-28)24-12-14-25(15-13-24)43-31(33,34)35/h4-15,18-20,26H,3,16-17H2,1-2H3. The second-order valence-electron chi connectivity index (χ2n) is 9.87. The van der Waals surface area contributed by atoms with Crippen LogP contribution in [0.2, 0.25) is 0 Å². The molecule has 2 amide bonds. The van der Waals surface area contributed by atoms with Crippen LogP contribution in [0.5, 0.6) is 5.75 Å². The minimum Gasteiger partial charge on any atom is -0.406 e. The highest BCUT2D eigenvalue weighted by molar-refractivity contribution is 8.14. The number of amides is 2. The van der Waals surface area contributed by atoms with Gasteiger partial charge in [0.2, 0.25) is 0 Å². The number of carbonyl (C=O) groups is 1. The van der Waals surface area contributed by atoms with Crippen molar-refractivity contribution in [3.05, 3.63) is 90.3 Å². The number of amidine groups is 1. The molecule has 0 N–H and O–H groups in total. The van der Waals surface area contributed by atoms with Gasteiger partial charge >= 0.3 is 12.4 Å². The number of aliphatic imine (C=N–C) groups is 2. The van der Waals surface area contributed by atoms with Crippen LogP contribution in [0.1, 0.15) is 37.6 Å². The number of ether oxygens (including phenoxy) is 1. The number of nitrogens with zero attached hydrogens (tertiary/aromatic N) is 6. The third kappa shape index (κ3) is 7.51. The lowest BCUT2D eigenvalue weighted by Crippen LogP contribution is -2.42. The van der Waals surface area contributed by atoms with Gasteiger partial charge < -0.3 is 9.64 Å². The second kappa shape index (κ2) is 13.4. The molecule has 1 aliphatic heterocycles. The number of hydrogen-bond donors (Lipinski definition) is 0. The Hall–Kier alpha value is -4.52. The number of anilines is 1. The van der Waals surface area contributed by atoms with Gasteiger partial charge in [-0.3, -0.25) is 0 Å². The average molecular weight is 625 g/mol. The average Bonchev–Trinajstić information content (AvgIpc) is 3.50. The minimum atomic E-state index is -4.78. The van der Waals surface area contributed by atoms with Crippen molar-refractivity contribution in [1.82, 2.24) is 14.8 Å². The fourth-order valence-corrected chi connectivity index (χ4v) is 5.84. The molecule has 44 heavy (non-hydrogen) atoms. The Morgan fingerprint density at radius 3 is 2.55 bits per heavy atom. The van der Waals surface area contributed by atoms with Crippen LogP contribution in [-0.4, -0.2) is 50.3 Å². The summed E-state index contributed by atoms with van der Waals surface area (Å²) < 4.78 is 57.5. The molecule has 0 radical (unpaired) electrons. The topological polar surface area (TPSA) is 85.0 Å². The number of halogens is 4. The highest BCUT2D eigenvalue weighted by Crippen LogP contribution is 2.32. The van der Waals surface area contributed by atoms with Gasteiger partial charge in [0.25, 0.3) is 0 Å². The summed E-state index contributed by atoms with van der Waals surface area (Å²) in [5, 5.41) is 4.89. The van der Waals surface area contributed by atoms with Crippen LogP contribution in [0.3, 0.4) is 0 Å². The zero-order valence-electron chi connectivity index (χ0n) is 23.8. The molecule has 1 aromatic heterocycles. The van der Waals surface area contributed by atoms with Crippen molar-refractivity contribution in [2.24, 2.45) is 9.98 Å². The van der Waals surface area contributed by atoms with E-state index in [1.807, 2.05) is 18.2 Å². The first kappa shape index (κ1) is 30.9. The van der Waals surface area contributed by atoms with Gasteiger partial charge in [0, 0.05) is 29.3 Å². The highest BCUT2D eigenvalue weighted by atomic mass is 32.2. The van der Waals surface area contributed by atoms with Gasteiger partial charge in [0.15, 0.2) is 17.2 Å². The largest absolute Gasteiger partial charge is 0.573 e. The van der Waals surface area contributed by atoms with Crippen molar-refractivity contribution in [3.8, 4) is 22.8 Å². The lowest BCUT2D eigenvalue weighted by Gasteiger charge is -2.36. The van der Waals surface area contributed by atoms with Crippen LogP contribution in [0.15, 0.2) is 89.1 Å². The Kier molecular flexibility index (Phi) is 9.43. The van der Waals surface area contributed by atoms with Crippen LogP contribution in [0, 0.1) is 0 Å². The third-order valence-corrected chi connectivity index (χ3v) is 7.85. The zero-order chi connectivity index (χ0) is 31.3. The lowest BCUT2D eigenvalue weighted by atomic mass is 10.1. The first-order valence-corrected chi connectivity index (χ1v) is 14.8. The van der Waals surface area contributed by atoms with Crippen molar-refractivity contribution < 1.29 is 27.1 Å². The Labute approximate surface area is 255 Å². The molecule has 13 heteroatoms. The van der Waals surface area contributed by atoms with E-state index in [4.69, 9.17) is 0 Å². The number of para-hydroxylation sites is 1.